The number of rotatable bonds is 5. The van der Waals surface area contributed by atoms with Crippen LogP contribution >= 0.6 is 11.3 Å². The lowest BCUT2D eigenvalue weighted by Crippen LogP contribution is -2.41. The predicted octanol–water partition coefficient (Wildman–Crippen LogP) is 2.37. The Labute approximate surface area is 101 Å². The van der Waals surface area contributed by atoms with E-state index >= 15 is 0 Å². The minimum Gasteiger partial charge on any atom is -0.326 e. The molecule has 1 aromatic heterocycles. The third kappa shape index (κ3) is 3.05. The first-order valence-electron chi connectivity index (χ1n) is 5.45. The summed E-state index contributed by atoms with van der Waals surface area (Å²) >= 11 is 1.72. The minimum absolute atomic E-state index is 0.0600. The second-order valence-corrected chi connectivity index (χ2v) is 5.18. The molecule has 0 amide bonds. The van der Waals surface area contributed by atoms with Crippen molar-refractivity contribution in [3.8, 4) is 6.07 Å². The Balaban J connectivity index is 2.83. The average molecular weight is 237 g/mol. The number of nitrogens with zero attached hydrogens (tertiary/aromatic N) is 2. The van der Waals surface area contributed by atoms with Crippen molar-refractivity contribution in [1.82, 2.24) is 4.90 Å². The van der Waals surface area contributed by atoms with Crippen LogP contribution in [-0.4, -0.2) is 24.0 Å². The summed E-state index contributed by atoms with van der Waals surface area (Å²) in [6, 6.07) is 6.84. The van der Waals surface area contributed by atoms with Gasteiger partial charge in [0, 0.05) is 17.0 Å². The number of likely N-dealkylation sites (N-methyl/N-ethyl adjacent to an activating group) is 1. The highest BCUT2D eigenvalue weighted by Gasteiger charge is 2.25. The van der Waals surface area contributed by atoms with Gasteiger partial charge in [0.05, 0.1) is 18.5 Å². The van der Waals surface area contributed by atoms with E-state index in [1.165, 1.54) is 4.88 Å². The Morgan fingerprint density at radius 1 is 1.56 bits per heavy atom. The lowest BCUT2D eigenvalue weighted by atomic mass is 10.0. The van der Waals surface area contributed by atoms with Crippen LogP contribution in [0.1, 0.15) is 31.2 Å². The van der Waals surface area contributed by atoms with Gasteiger partial charge in [-0.15, -0.1) is 11.3 Å². The number of hydrogen-bond donors (Lipinski definition) is 1. The largest absolute Gasteiger partial charge is 0.326 e. The number of nitriles is 1. The zero-order chi connectivity index (χ0) is 12.1. The fraction of sp³-hybridized carbons (Fsp3) is 0.583. The van der Waals surface area contributed by atoms with Gasteiger partial charge in [-0.3, -0.25) is 4.90 Å². The minimum atomic E-state index is 0.0600. The summed E-state index contributed by atoms with van der Waals surface area (Å²) in [5.41, 5.74) is 6.04. The maximum absolute atomic E-state index is 8.73. The molecule has 3 nitrogen and oxygen atoms in total. The van der Waals surface area contributed by atoms with Crippen molar-refractivity contribution in [3.63, 3.8) is 0 Å². The molecule has 3 atom stereocenters. The molecule has 0 spiro atoms. The first-order valence-corrected chi connectivity index (χ1v) is 6.33. The normalized spacial score (nSPS) is 16.8. The molecule has 4 heteroatoms. The van der Waals surface area contributed by atoms with E-state index in [0.717, 1.165) is 0 Å². The van der Waals surface area contributed by atoms with Crippen LogP contribution < -0.4 is 5.73 Å². The fourth-order valence-corrected chi connectivity index (χ4v) is 2.83. The highest BCUT2D eigenvalue weighted by Crippen LogP contribution is 2.28. The van der Waals surface area contributed by atoms with Crippen LogP contribution in [0.3, 0.4) is 0 Å². The monoisotopic (exact) mass is 237 g/mol. The van der Waals surface area contributed by atoms with E-state index in [4.69, 9.17) is 11.0 Å². The van der Waals surface area contributed by atoms with Crippen molar-refractivity contribution in [2.75, 3.05) is 7.05 Å². The molecule has 1 aromatic rings. The summed E-state index contributed by atoms with van der Waals surface area (Å²) in [6.45, 7) is 4.08. The summed E-state index contributed by atoms with van der Waals surface area (Å²) in [5, 5.41) is 10.8. The topological polar surface area (TPSA) is 53.0 Å². The third-order valence-electron chi connectivity index (χ3n) is 2.85. The summed E-state index contributed by atoms with van der Waals surface area (Å²) < 4.78 is 0. The quantitative estimate of drug-likeness (QED) is 0.855. The predicted molar refractivity (Wildman–Crippen MR) is 68.2 cm³/mol. The molecular weight excluding hydrogens is 218 g/mol. The fourth-order valence-electron chi connectivity index (χ4n) is 1.84. The standard InChI is InChI=1S/C12H19N3S/c1-9(6-7-13)15(3)12(10(2)14)11-5-4-8-16-11/h4-5,8-10,12H,6,14H2,1-3H3. The van der Waals surface area contributed by atoms with E-state index in [0.29, 0.717) is 6.42 Å². The number of hydrogen-bond acceptors (Lipinski definition) is 4. The Bertz CT molecular complexity index is 340. The molecule has 0 aliphatic heterocycles. The van der Waals surface area contributed by atoms with Crippen molar-refractivity contribution >= 4 is 11.3 Å². The van der Waals surface area contributed by atoms with E-state index in [1.54, 1.807) is 11.3 Å². The zero-order valence-electron chi connectivity index (χ0n) is 10.1. The molecule has 16 heavy (non-hydrogen) atoms. The smallest absolute Gasteiger partial charge is 0.0638 e. The van der Waals surface area contributed by atoms with Gasteiger partial charge in [-0.1, -0.05) is 6.07 Å². The van der Waals surface area contributed by atoms with Crippen molar-refractivity contribution < 1.29 is 0 Å². The van der Waals surface area contributed by atoms with Gasteiger partial charge in [-0.25, -0.2) is 0 Å². The highest BCUT2D eigenvalue weighted by molar-refractivity contribution is 7.10. The van der Waals surface area contributed by atoms with E-state index in [-0.39, 0.29) is 18.1 Å². The van der Waals surface area contributed by atoms with Crippen LogP contribution in [0.2, 0.25) is 0 Å². The third-order valence-corrected chi connectivity index (χ3v) is 3.80. The highest BCUT2D eigenvalue weighted by atomic mass is 32.1. The molecule has 2 N–H and O–H groups in total. The molecule has 0 radical (unpaired) electrons. The summed E-state index contributed by atoms with van der Waals surface area (Å²) in [6.07, 6.45) is 0.533. The molecule has 0 saturated heterocycles. The van der Waals surface area contributed by atoms with Crippen LogP contribution in [0.4, 0.5) is 0 Å². The molecule has 1 heterocycles. The van der Waals surface area contributed by atoms with Crippen LogP contribution in [-0.2, 0) is 0 Å². The van der Waals surface area contributed by atoms with Gasteiger partial charge in [-0.05, 0) is 32.3 Å². The molecule has 0 aromatic carbocycles. The number of nitrogens with two attached hydrogens (primary N) is 1. The molecule has 0 aliphatic rings. The first-order chi connectivity index (χ1) is 7.57. The molecule has 0 aliphatic carbocycles. The molecular formula is C12H19N3S. The molecule has 0 fully saturated rings. The lowest BCUT2D eigenvalue weighted by Gasteiger charge is -2.34. The SMILES string of the molecule is CC(N)C(c1cccs1)N(C)C(C)CC#N. The van der Waals surface area contributed by atoms with Crippen molar-refractivity contribution in [3.05, 3.63) is 22.4 Å². The molecule has 3 unspecified atom stereocenters. The Kier molecular flexibility index (Phi) is 4.94. The molecule has 88 valence electrons. The Morgan fingerprint density at radius 3 is 2.69 bits per heavy atom. The number of thiophene rings is 1. The van der Waals surface area contributed by atoms with Gasteiger partial charge >= 0.3 is 0 Å². The van der Waals surface area contributed by atoms with Gasteiger partial charge in [0.15, 0.2) is 0 Å². The van der Waals surface area contributed by atoms with Crippen LogP contribution in [0.5, 0.6) is 0 Å². The summed E-state index contributed by atoms with van der Waals surface area (Å²) in [7, 11) is 2.04. The van der Waals surface area contributed by atoms with Crippen LogP contribution in [0, 0.1) is 11.3 Å². The zero-order valence-corrected chi connectivity index (χ0v) is 10.9. The van der Waals surface area contributed by atoms with Crippen molar-refractivity contribution in [1.29, 1.82) is 5.26 Å². The summed E-state index contributed by atoms with van der Waals surface area (Å²) in [4.78, 5) is 3.46. The van der Waals surface area contributed by atoms with Crippen molar-refractivity contribution in [2.45, 2.75) is 38.4 Å². The van der Waals surface area contributed by atoms with E-state index in [1.807, 2.05) is 20.0 Å². The van der Waals surface area contributed by atoms with E-state index in [2.05, 4.69) is 29.3 Å². The lowest BCUT2D eigenvalue weighted by molar-refractivity contribution is 0.169. The van der Waals surface area contributed by atoms with Gasteiger partial charge in [0.1, 0.15) is 0 Å². The van der Waals surface area contributed by atoms with E-state index < -0.39 is 0 Å². The van der Waals surface area contributed by atoms with Crippen LogP contribution in [0.25, 0.3) is 0 Å². The second-order valence-electron chi connectivity index (χ2n) is 4.20. The van der Waals surface area contributed by atoms with Gasteiger partial charge < -0.3 is 5.73 Å². The van der Waals surface area contributed by atoms with Gasteiger partial charge in [-0.2, -0.15) is 5.26 Å². The van der Waals surface area contributed by atoms with Crippen LogP contribution in [0.15, 0.2) is 17.5 Å². The van der Waals surface area contributed by atoms with E-state index in [9.17, 15) is 0 Å². The maximum Gasteiger partial charge on any atom is 0.0638 e. The average Bonchev–Trinajstić information content (AvgIpc) is 2.71. The van der Waals surface area contributed by atoms with Crippen molar-refractivity contribution in [2.24, 2.45) is 5.73 Å². The second kappa shape index (κ2) is 6.00. The Hall–Kier alpha value is -0.890. The summed E-state index contributed by atoms with van der Waals surface area (Å²) in [5.74, 6) is 0. The first kappa shape index (κ1) is 13.2. The van der Waals surface area contributed by atoms with Gasteiger partial charge in [0.25, 0.3) is 0 Å². The molecule has 0 bridgehead atoms. The maximum atomic E-state index is 8.73. The molecule has 0 saturated carbocycles. The Morgan fingerprint density at radius 2 is 2.25 bits per heavy atom. The molecule has 1 rings (SSSR count). The van der Waals surface area contributed by atoms with Gasteiger partial charge in [0.2, 0.25) is 0 Å².